The minimum Gasteiger partial charge on any atom is -0.386 e. The number of aliphatic hydroxyl groups is 1. The Hall–Kier alpha value is -2.69. The van der Waals surface area contributed by atoms with Gasteiger partial charge < -0.3 is 20.1 Å². The number of morpholine rings is 1. The summed E-state index contributed by atoms with van der Waals surface area (Å²) in [5, 5.41) is 13.2. The highest BCUT2D eigenvalue weighted by Gasteiger charge is 2.26. The molecule has 0 saturated carbocycles. The van der Waals surface area contributed by atoms with Gasteiger partial charge in [-0.15, -0.1) is 0 Å². The van der Waals surface area contributed by atoms with Crippen LogP contribution >= 0.6 is 0 Å². The number of halogens is 1. The van der Waals surface area contributed by atoms with Crippen molar-refractivity contribution >= 4 is 27.4 Å². The Kier molecular flexibility index (Phi) is 8.32. The summed E-state index contributed by atoms with van der Waals surface area (Å²) in [6, 6.07) is 6.33. The Labute approximate surface area is 212 Å². The molecule has 1 aliphatic heterocycles. The van der Waals surface area contributed by atoms with Crippen molar-refractivity contribution in [2.24, 2.45) is 0 Å². The van der Waals surface area contributed by atoms with Crippen molar-refractivity contribution in [3.8, 4) is 0 Å². The van der Waals surface area contributed by atoms with E-state index in [2.05, 4.69) is 10.0 Å². The molecule has 0 aliphatic carbocycles. The molecule has 0 radical (unpaired) electrons. The van der Waals surface area contributed by atoms with E-state index in [9.17, 15) is 22.7 Å². The molecule has 1 saturated heterocycles. The van der Waals surface area contributed by atoms with Gasteiger partial charge in [-0.25, -0.2) is 22.3 Å². The van der Waals surface area contributed by atoms with Crippen LogP contribution in [0.5, 0.6) is 0 Å². The number of anilines is 2. The first-order valence-corrected chi connectivity index (χ1v) is 13.5. The zero-order valence-corrected chi connectivity index (χ0v) is 22.5. The lowest BCUT2D eigenvalue weighted by atomic mass is 9.92. The highest BCUT2D eigenvalue weighted by Crippen LogP contribution is 2.34. The van der Waals surface area contributed by atoms with E-state index in [4.69, 9.17) is 4.74 Å². The van der Waals surface area contributed by atoms with Gasteiger partial charge >= 0.3 is 6.03 Å². The van der Waals surface area contributed by atoms with Gasteiger partial charge in [0.25, 0.3) is 10.0 Å². The molecule has 0 aromatic heterocycles. The van der Waals surface area contributed by atoms with E-state index in [1.807, 2.05) is 32.6 Å². The zero-order valence-electron chi connectivity index (χ0n) is 21.7. The number of ether oxygens (including phenoxy) is 1. The van der Waals surface area contributed by atoms with Crippen molar-refractivity contribution in [1.29, 1.82) is 0 Å². The summed E-state index contributed by atoms with van der Waals surface area (Å²) in [6.07, 6.45) is 0. The lowest BCUT2D eigenvalue weighted by Crippen LogP contribution is -2.37. The van der Waals surface area contributed by atoms with Crippen LogP contribution in [0.1, 0.15) is 70.1 Å². The fourth-order valence-corrected chi connectivity index (χ4v) is 5.09. The summed E-state index contributed by atoms with van der Waals surface area (Å²) in [6.45, 7) is 12.8. The van der Waals surface area contributed by atoms with E-state index in [0.29, 0.717) is 54.4 Å². The van der Waals surface area contributed by atoms with Crippen LogP contribution in [0.3, 0.4) is 0 Å². The van der Waals surface area contributed by atoms with Crippen LogP contribution in [0.25, 0.3) is 0 Å². The lowest BCUT2D eigenvalue weighted by Gasteiger charge is -2.30. The van der Waals surface area contributed by atoms with Crippen molar-refractivity contribution in [2.45, 2.75) is 63.9 Å². The van der Waals surface area contributed by atoms with Gasteiger partial charge in [0.05, 0.1) is 23.7 Å². The molecule has 0 atom stereocenters. The number of benzene rings is 2. The maximum absolute atomic E-state index is 14.2. The number of amides is 2. The molecule has 2 amide bonds. The summed E-state index contributed by atoms with van der Waals surface area (Å²) >= 11 is 0. The second-order valence-electron chi connectivity index (χ2n) is 10.2. The maximum Gasteiger partial charge on any atom is 0.333 e. The van der Waals surface area contributed by atoms with E-state index in [-0.39, 0.29) is 16.7 Å². The van der Waals surface area contributed by atoms with Gasteiger partial charge in [-0.3, -0.25) is 0 Å². The number of urea groups is 1. The molecule has 1 fully saturated rings. The Balaban J connectivity index is 1.96. The summed E-state index contributed by atoms with van der Waals surface area (Å²) in [5.74, 6) is -0.630. The molecule has 0 unspecified atom stereocenters. The van der Waals surface area contributed by atoms with Crippen LogP contribution in [0.2, 0.25) is 0 Å². The second kappa shape index (κ2) is 10.7. The average molecular weight is 522 g/mol. The summed E-state index contributed by atoms with van der Waals surface area (Å²) in [4.78, 5) is 14.8. The Morgan fingerprint density at radius 3 is 2.08 bits per heavy atom. The SMILES string of the molecule is CC(C)c1cc(F)cc(C(C)C)c1NC(=O)NS(=O)(=O)c1cc(N2CCOCC2)cc(C(C)(C)O)c1. The van der Waals surface area contributed by atoms with Gasteiger partial charge in [0.15, 0.2) is 0 Å². The molecular formula is C26H36FN3O5S. The Bertz CT molecular complexity index is 1190. The van der Waals surface area contributed by atoms with Crippen LogP contribution in [-0.4, -0.2) is 45.9 Å². The van der Waals surface area contributed by atoms with Gasteiger partial charge in [-0.1, -0.05) is 27.7 Å². The molecule has 0 spiro atoms. The highest BCUT2D eigenvalue weighted by atomic mass is 32.2. The molecule has 1 heterocycles. The largest absolute Gasteiger partial charge is 0.386 e. The smallest absolute Gasteiger partial charge is 0.333 e. The maximum atomic E-state index is 14.2. The third-order valence-electron chi connectivity index (χ3n) is 6.16. The summed E-state index contributed by atoms with van der Waals surface area (Å²) < 4.78 is 48.3. The predicted molar refractivity (Wildman–Crippen MR) is 139 cm³/mol. The number of carbonyl (C=O) groups is 1. The minimum absolute atomic E-state index is 0.107. The highest BCUT2D eigenvalue weighted by molar-refractivity contribution is 7.90. The fourth-order valence-electron chi connectivity index (χ4n) is 4.12. The van der Waals surface area contributed by atoms with Gasteiger partial charge in [0, 0.05) is 24.5 Å². The molecule has 10 heteroatoms. The molecule has 36 heavy (non-hydrogen) atoms. The summed E-state index contributed by atoms with van der Waals surface area (Å²) in [7, 11) is -4.30. The molecule has 3 rings (SSSR count). The quantitative estimate of drug-likeness (QED) is 0.490. The lowest BCUT2D eigenvalue weighted by molar-refractivity contribution is 0.0783. The Morgan fingerprint density at radius 2 is 1.58 bits per heavy atom. The second-order valence-corrected chi connectivity index (χ2v) is 11.9. The topological polar surface area (TPSA) is 108 Å². The molecule has 8 nitrogen and oxygen atoms in total. The van der Waals surface area contributed by atoms with Crippen LogP contribution in [-0.2, 0) is 20.4 Å². The third kappa shape index (κ3) is 6.54. The van der Waals surface area contributed by atoms with E-state index in [1.165, 1.54) is 24.3 Å². The molecular weight excluding hydrogens is 485 g/mol. The van der Waals surface area contributed by atoms with Crippen LogP contribution < -0.4 is 14.9 Å². The van der Waals surface area contributed by atoms with E-state index in [1.54, 1.807) is 19.9 Å². The molecule has 2 aromatic carbocycles. The van der Waals surface area contributed by atoms with Crippen LogP contribution in [0.15, 0.2) is 35.2 Å². The molecule has 2 aromatic rings. The van der Waals surface area contributed by atoms with Gasteiger partial charge in [0.2, 0.25) is 0 Å². The van der Waals surface area contributed by atoms with E-state index in [0.717, 1.165) is 0 Å². The van der Waals surface area contributed by atoms with Crippen LogP contribution in [0, 0.1) is 5.82 Å². The van der Waals surface area contributed by atoms with Gasteiger partial charge in [-0.05, 0) is 72.7 Å². The number of nitrogens with zero attached hydrogens (tertiary/aromatic N) is 1. The van der Waals surface area contributed by atoms with Crippen molar-refractivity contribution < 1.29 is 27.4 Å². The molecule has 3 N–H and O–H groups in total. The number of sulfonamides is 1. The third-order valence-corrected chi connectivity index (χ3v) is 7.47. The van der Waals surface area contributed by atoms with Crippen molar-refractivity contribution in [2.75, 3.05) is 36.5 Å². The normalized spacial score (nSPS) is 14.9. The molecule has 1 aliphatic rings. The zero-order chi connectivity index (χ0) is 26.8. The van der Waals surface area contributed by atoms with Crippen molar-refractivity contribution in [3.63, 3.8) is 0 Å². The standard InChI is InChI=1S/C26H36FN3O5S/c1-16(2)22-13-19(27)14-23(17(3)4)24(22)28-25(31)29-36(33,34)21-12-18(26(5,6)32)11-20(15-21)30-7-9-35-10-8-30/h11-17,32H,7-10H2,1-6H3,(H2,28,29,31). The first kappa shape index (κ1) is 27.9. The van der Waals surface area contributed by atoms with E-state index < -0.39 is 27.5 Å². The Morgan fingerprint density at radius 1 is 1.03 bits per heavy atom. The first-order chi connectivity index (χ1) is 16.7. The van der Waals surface area contributed by atoms with Crippen molar-refractivity contribution in [1.82, 2.24) is 4.72 Å². The minimum atomic E-state index is -4.30. The summed E-state index contributed by atoms with van der Waals surface area (Å²) in [5.41, 5.74) is 1.25. The number of hydrogen-bond donors (Lipinski definition) is 3. The molecule has 0 bridgehead atoms. The number of nitrogens with one attached hydrogen (secondary N) is 2. The van der Waals surface area contributed by atoms with Gasteiger partial charge in [0.1, 0.15) is 5.82 Å². The first-order valence-electron chi connectivity index (χ1n) is 12.1. The van der Waals surface area contributed by atoms with Gasteiger partial charge in [-0.2, -0.15) is 0 Å². The van der Waals surface area contributed by atoms with E-state index >= 15 is 0 Å². The van der Waals surface area contributed by atoms with Crippen LogP contribution in [0.4, 0.5) is 20.6 Å². The van der Waals surface area contributed by atoms with Crippen molar-refractivity contribution in [3.05, 3.63) is 52.8 Å². The fraction of sp³-hybridized carbons (Fsp3) is 0.500. The molecule has 198 valence electrons. The predicted octanol–water partition coefficient (Wildman–Crippen LogP) is 4.65. The monoisotopic (exact) mass is 521 g/mol. The average Bonchev–Trinajstić information content (AvgIpc) is 2.79. The number of carbonyl (C=O) groups excluding carboxylic acids is 1. The number of hydrogen-bond acceptors (Lipinski definition) is 6. The number of rotatable bonds is 7.